The molecule has 5 rings (SSSR count). The van der Waals surface area contributed by atoms with Crippen LogP contribution in [0.5, 0.6) is 0 Å². The van der Waals surface area contributed by atoms with Gasteiger partial charge in [0.2, 0.25) is 12.8 Å². The van der Waals surface area contributed by atoms with Gasteiger partial charge in [-0.3, -0.25) is 24.7 Å². The molecular formula is C40H49N5O5. The van der Waals surface area contributed by atoms with Gasteiger partial charge in [0.1, 0.15) is 0 Å². The van der Waals surface area contributed by atoms with E-state index in [0.717, 1.165) is 80.8 Å². The van der Waals surface area contributed by atoms with Crippen molar-refractivity contribution in [3.05, 3.63) is 123 Å². The van der Waals surface area contributed by atoms with Gasteiger partial charge in [-0.05, 0) is 81.3 Å². The van der Waals surface area contributed by atoms with Crippen molar-refractivity contribution in [2.45, 2.75) is 69.2 Å². The smallest absolute Gasteiger partial charge is 0.269 e. The van der Waals surface area contributed by atoms with Crippen molar-refractivity contribution in [3.63, 3.8) is 0 Å². The molecule has 2 unspecified atom stereocenters. The molecule has 0 aliphatic carbocycles. The Balaban J connectivity index is 1.38. The summed E-state index contributed by atoms with van der Waals surface area (Å²) in [6.45, 7) is 5.82. The van der Waals surface area contributed by atoms with Crippen molar-refractivity contribution in [2.75, 3.05) is 39.9 Å². The highest BCUT2D eigenvalue weighted by molar-refractivity contribution is 5.94. The number of unbranched alkanes of at least 4 members (excludes halogenated alkanes) is 1. The number of nitrogens with one attached hydrogen (secondary N) is 1. The van der Waals surface area contributed by atoms with Crippen LogP contribution in [-0.2, 0) is 19.7 Å². The van der Waals surface area contributed by atoms with E-state index in [1.54, 1.807) is 24.1 Å². The zero-order valence-electron chi connectivity index (χ0n) is 29.2. The van der Waals surface area contributed by atoms with Crippen molar-refractivity contribution in [1.29, 1.82) is 0 Å². The topological polar surface area (TPSA) is 117 Å². The monoisotopic (exact) mass is 679 g/mol. The summed E-state index contributed by atoms with van der Waals surface area (Å²) >= 11 is 0. The van der Waals surface area contributed by atoms with Crippen LogP contribution in [0.3, 0.4) is 0 Å². The number of hydrogen-bond acceptors (Lipinski definition) is 7. The highest BCUT2D eigenvalue weighted by Crippen LogP contribution is 2.42. The number of benzene rings is 3. The Kier molecular flexibility index (Phi) is 13.1. The molecule has 10 heteroatoms. The zero-order valence-corrected chi connectivity index (χ0v) is 29.2. The van der Waals surface area contributed by atoms with Gasteiger partial charge in [-0.2, -0.15) is 0 Å². The fourth-order valence-corrected chi connectivity index (χ4v) is 7.73. The molecular weight excluding hydrogens is 630 g/mol. The lowest BCUT2D eigenvalue weighted by molar-refractivity contribution is -0.384. The molecule has 1 fully saturated rings. The van der Waals surface area contributed by atoms with Gasteiger partial charge in [-0.1, -0.05) is 79.7 Å². The quantitative estimate of drug-likeness (QED) is 0.0700. The molecule has 0 spiro atoms. The predicted molar refractivity (Wildman–Crippen MR) is 196 cm³/mol. The van der Waals surface area contributed by atoms with Gasteiger partial charge in [-0.25, -0.2) is 0 Å². The fraction of sp³-hybridized carbons (Fsp3) is 0.425. The average molecular weight is 680 g/mol. The predicted octanol–water partition coefficient (Wildman–Crippen LogP) is 6.62. The maximum atomic E-state index is 13.0. The van der Waals surface area contributed by atoms with Crippen molar-refractivity contribution in [2.24, 2.45) is 4.99 Å². The largest absolute Gasteiger partial charge is 0.385 e. The summed E-state index contributed by atoms with van der Waals surface area (Å²) in [6.07, 6.45) is 7.20. The van der Waals surface area contributed by atoms with Gasteiger partial charge >= 0.3 is 0 Å². The van der Waals surface area contributed by atoms with Gasteiger partial charge in [0, 0.05) is 43.5 Å². The van der Waals surface area contributed by atoms with Gasteiger partial charge in [0.15, 0.2) is 0 Å². The summed E-state index contributed by atoms with van der Waals surface area (Å²) in [7, 11) is 1.68. The second-order valence-corrected chi connectivity index (χ2v) is 13.1. The summed E-state index contributed by atoms with van der Waals surface area (Å²) in [5.74, 6) is -0.441. The maximum Gasteiger partial charge on any atom is 0.269 e. The van der Waals surface area contributed by atoms with Crippen LogP contribution < -0.4 is 5.32 Å². The van der Waals surface area contributed by atoms with Crippen molar-refractivity contribution in [1.82, 2.24) is 15.1 Å². The van der Waals surface area contributed by atoms with Crippen LogP contribution in [0.15, 0.2) is 101 Å². The number of nitro groups is 1. The molecule has 1 N–H and O–H groups in total. The minimum Gasteiger partial charge on any atom is -0.385 e. The molecule has 2 aliphatic heterocycles. The molecule has 0 radical (unpaired) electrons. The molecule has 1 saturated heterocycles. The Hall–Kier alpha value is -4.67. The van der Waals surface area contributed by atoms with Crippen LogP contribution in [0.1, 0.15) is 74.5 Å². The Bertz CT molecular complexity index is 1580. The molecule has 2 heterocycles. The number of amides is 2. The lowest BCUT2D eigenvalue weighted by Gasteiger charge is -2.43. The number of non-ortho nitro benzene ring substituents is 1. The summed E-state index contributed by atoms with van der Waals surface area (Å²) in [4.78, 5) is 45.3. The third-order valence-electron chi connectivity index (χ3n) is 10.3. The lowest BCUT2D eigenvalue weighted by atomic mass is 9.68. The second kappa shape index (κ2) is 17.8. The van der Waals surface area contributed by atoms with E-state index in [0.29, 0.717) is 32.4 Å². The van der Waals surface area contributed by atoms with E-state index in [9.17, 15) is 19.7 Å². The SMILES string of the molecule is CCC1=NC(CCCCOC)=C(N(C=O)CCCN2CCC(c3ccccc3)(c3ccccc3)CC2)C(c2ccc([N+](=O)[O-])cc2)C1NC=O. The maximum absolute atomic E-state index is 13.0. The van der Waals surface area contributed by atoms with E-state index in [1.807, 2.05) is 6.92 Å². The number of rotatable bonds is 18. The number of ether oxygens (including phenoxy) is 1. The zero-order chi connectivity index (χ0) is 35.3. The molecule has 50 heavy (non-hydrogen) atoms. The highest BCUT2D eigenvalue weighted by atomic mass is 16.6. The minimum atomic E-state index is -0.495. The van der Waals surface area contributed by atoms with E-state index in [2.05, 4.69) is 70.9 Å². The molecule has 2 amide bonds. The van der Waals surface area contributed by atoms with Crippen LogP contribution in [0.4, 0.5) is 5.69 Å². The summed E-state index contributed by atoms with van der Waals surface area (Å²) < 4.78 is 5.29. The van der Waals surface area contributed by atoms with E-state index in [1.165, 1.54) is 23.3 Å². The Morgan fingerprint density at radius 3 is 2.14 bits per heavy atom. The second-order valence-electron chi connectivity index (χ2n) is 13.1. The van der Waals surface area contributed by atoms with Crippen LogP contribution in [-0.4, -0.2) is 79.2 Å². The molecule has 264 valence electrons. The first kappa shape index (κ1) is 36.6. The summed E-state index contributed by atoms with van der Waals surface area (Å²) in [5.41, 5.74) is 5.79. The number of hydrogen-bond donors (Lipinski definition) is 1. The van der Waals surface area contributed by atoms with Crippen LogP contribution in [0.25, 0.3) is 0 Å². The number of allylic oxidation sites excluding steroid dienone is 1. The first-order chi connectivity index (χ1) is 24.4. The fourth-order valence-electron chi connectivity index (χ4n) is 7.73. The molecule has 0 saturated carbocycles. The van der Waals surface area contributed by atoms with Crippen LogP contribution in [0, 0.1) is 10.1 Å². The lowest BCUT2D eigenvalue weighted by Crippen LogP contribution is -2.47. The van der Waals surface area contributed by atoms with Gasteiger partial charge in [-0.15, -0.1) is 0 Å². The first-order valence-electron chi connectivity index (χ1n) is 17.7. The number of likely N-dealkylation sites (tertiary alicyclic amines) is 1. The van der Waals surface area contributed by atoms with Gasteiger partial charge < -0.3 is 19.9 Å². The van der Waals surface area contributed by atoms with E-state index >= 15 is 0 Å². The van der Waals surface area contributed by atoms with Crippen LogP contribution >= 0.6 is 0 Å². The van der Waals surface area contributed by atoms with Gasteiger partial charge in [0.05, 0.1) is 28.3 Å². The number of piperidine rings is 1. The standard InChI is InChI=1S/C40H49N5O5/c1-3-35-38(41-29-46)37(31-18-20-34(21-19-31)45(48)49)39(36(42-35)17-10-11-28-50-2)44(30-47)25-12-24-43-26-22-40(23-27-43,32-13-6-4-7-14-32)33-15-8-5-9-16-33/h4-9,13-16,18-21,29-30,37-38H,3,10-12,17,22-28H2,1-2H3,(H,41,46). The number of carbonyl (C=O) groups excluding carboxylic acids is 2. The van der Waals surface area contributed by atoms with E-state index in [-0.39, 0.29) is 11.1 Å². The first-order valence-corrected chi connectivity index (χ1v) is 17.7. The molecule has 0 bridgehead atoms. The Morgan fingerprint density at radius 2 is 1.60 bits per heavy atom. The number of carbonyl (C=O) groups is 2. The number of nitro benzene ring substituents is 1. The third kappa shape index (κ3) is 8.37. The normalized spacial score (nSPS) is 19.0. The Labute approximate surface area is 295 Å². The number of aliphatic imine (C=N–C) groups is 1. The molecule has 2 aliphatic rings. The molecule has 3 aromatic rings. The average Bonchev–Trinajstić information content (AvgIpc) is 3.16. The van der Waals surface area contributed by atoms with Gasteiger partial charge in [0.25, 0.3) is 5.69 Å². The Morgan fingerprint density at radius 1 is 0.960 bits per heavy atom. The minimum absolute atomic E-state index is 0.0171. The summed E-state index contributed by atoms with van der Waals surface area (Å²) in [5, 5.41) is 14.4. The summed E-state index contributed by atoms with van der Waals surface area (Å²) in [6, 6.07) is 27.5. The third-order valence-corrected chi connectivity index (χ3v) is 10.3. The molecule has 10 nitrogen and oxygen atoms in total. The van der Waals surface area contributed by atoms with Crippen molar-refractivity contribution in [3.8, 4) is 0 Å². The molecule has 2 atom stereocenters. The molecule has 3 aromatic carbocycles. The molecule has 0 aromatic heterocycles. The highest BCUT2D eigenvalue weighted by Gasteiger charge is 2.39. The number of methoxy groups -OCH3 is 1. The van der Waals surface area contributed by atoms with Crippen LogP contribution in [0.2, 0.25) is 0 Å². The van der Waals surface area contributed by atoms with Crippen molar-refractivity contribution < 1.29 is 19.2 Å². The van der Waals surface area contributed by atoms with E-state index < -0.39 is 16.9 Å². The van der Waals surface area contributed by atoms with E-state index in [4.69, 9.17) is 9.73 Å². The number of nitrogens with zero attached hydrogens (tertiary/aromatic N) is 4. The van der Waals surface area contributed by atoms with Crippen molar-refractivity contribution >= 4 is 24.2 Å².